The summed E-state index contributed by atoms with van der Waals surface area (Å²) in [6.45, 7) is 2.55. The Labute approximate surface area is 116 Å². The number of nitrogens with zero attached hydrogens (tertiary/aromatic N) is 2. The number of nitrogens with two attached hydrogens (primary N) is 1. The van der Waals surface area contributed by atoms with Crippen molar-refractivity contribution in [1.82, 2.24) is 10.1 Å². The molecule has 1 aliphatic rings. The summed E-state index contributed by atoms with van der Waals surface area (Å²) in [5.74, 6) is 1.22. The third-order valence-electron chi connectivity index (χ3n) is 3.39. The van der Waals surface area contributed by atoms with E-state index < -0.39 is 0 Å². The lowest BCUT2D eigenvalue weighted by atomic mass is 10.1. The van der Waals surface area contributed by atoms with Crippen molar-refractivity contribution < 1.29 is 14.4 Å². The summed E-state index contributed by atoms with van der Waals surface area (Å²) in [4.78, 5) is 4.34. The predicted molar refractivity (Wildman–Crippen MR) is 72.9 cm³/mol. The second kappa shape index (κ2) is 5.13. The smallest absolute Gasteiger partial charge is 0.261 e. The molecule has 0 radical (unpaired) electrons. The van der Waals surface area contributed by atoms with Crippen LogP contribution in [0, 0.1) is 5.92 Å². The fourth-order valence-electron chi connectivity index (χ4n) is 2.19. The van der Waals surface area contributed by atoms with E-state index in [2.05, 4.69) is 10.1 Å². The lowest BCUT2D eigenvalue weighted by Gasteiger charge is -2.11. The first kappa shape index (κ1) is 12.9. The maximum atomic E-state index is 9.94. The first-order chi connectivity index (χ1) is 9.70. The number of phenolic OH excluding ortho intramolecular Hbond substituents is 1. The number of ether oxygens (including phenoxy) is 1. The van der Waals surface area contributed by atoms with Crippen LogP contribution >= 0.6 is 0 Å². The van der Waals surface area contributed by atoms with Crippen molar-refractivity contribution >= 4 is 5.69 Å². The normalized spacial score (nSPS) is 16.2. The molecule has 1 aromatic carbocycles. The fraction of sp³-hybridized carbons (Fsp3) is 0.429. The molecule has 1 aliphatic carbocycles. The summed E-state index contributed by atoms with van der Waals surface area (Å²) in [6.07, 6.45) is 2.12. The van der Waals surface area contributed by atoms with Crippen molar-refractivity contribution in [3.63, 3.8) is 0 Å². The van der Waals surface area contributed by atoms with Gasteiger partial charge in [0.2, 0.25) is 5.82 Å². The molecular weight excluding hydrogens is 258 g/mol. The highest BCUT2D eigenvalue weighted by molar-refractivity contribution is 5.71. The molecular formula is C14H17N3O3. The zero-order chi connectivity index (χ0) is 14.1. The van der Waals surface area contributed by atoms with Gasteiger partial charge in [-0.2, -0.15) is 4.98 Å². The van der Waals surface area contributed by atoms with Gasteiger partial charge in [0.05, 0.1) is 11.3 Å². The topological polar surface area (TPSA) is 94.4 Å². The average molecular weight is 275 g/mol. The zero-order valence-electron chi connectivity index (χ0n) is 11.2. The van der Waals surface area contributed by atoms with Gasteiger partial charge >= 0.3 is 0 Å². The summed E-state index contributed by atoms with van der Waals surface area (Å²) in [5, 5.41) is 13.9. The molecule has 2 aromatic rings. The van der Waals surface area contributed by atoms with E-state index in [1.165, 1.54) is 0 Å². The summed E-state index contributed by atoms with van der Waals surface area (Å²) in [6, 6.07) is 5.04. The van der Waals surface area contributed by atoms with Gasteiger partial charge in [0.1, 0.15) is 6.10 Å². The monoisotopic (exact) mass is 275 g/mol. The molecule has 0 amide bonds. The molecule has 1 aromatic heterocycles. The molecule has 0 aliphatic heterocycles. The van der Waals surface area contributed by atoms with Gasteiger partial charge < -0.3 is 20.1 Å². The van der Waals surface area contributed by atoms with Crippen LogP contribution in [0.4, 0.5) is 5.69 Å². The van der Waals surface area contributed by atoms with Crippen LogP contribution in [0.15, 0.2) is 22.7 Å². The molecule has 6 heteroatoms. The molecule has 1 heterocycles. The van der Waals surface area contributed by atoms with Crippen molar-refractivity contribution in [2.75, 3.05) is 12.3 Å². The SMILES string of the molecule is CCOC(c1noc(-c2cccc(N)c2O)n1)C1CC1. The van der Waals surface area contributed by atoms with E-state index in [0.29, 0.717) is 23.9 Å². The lowest BCUT2D eigenvalue weighted by molar-refractivity contribution is 0.0385. The summed E-state index contributed by atoms with van der Waals surface area (Å²) in [5.41, 5.74) is 6.39. The Bertz CT molecular complexity index is 607. The van der Waals surface area contributed by atoms with E-state index in [0.717, 1.165) is 12.8 Å². The van der Waals surface area contributed by atoms with Crippen LogP contribution < -0.4 is 5.73 Å². The Balaban J connectivity index is 1.91. The van der Waals surface area contributed by atoms with Gasteiger partial charge in [0.25, 0.3) is 5.89 Å². The van der Waals surface area contributed by atoms with Crippen molar-refractivity contribution in [2.24, 2.45) is 5.92 Å². The summed E-state index contributed by atoms with van der Waals surface area (Å²) < 4.78 is 10.9. The maximum Gasteiger partial charge on any atom is 0.261 e. The second-order valence-electron chi connectivity index (χ2n) is 4.91. The minimum absolute atomic E-state index is 0.0397. The number of nitrogen functional groups attached to an aromatic ring is 1. The van der Waals surface area contributed by atoms with E-state index in [1.807, 2.05) is 6.92 Å². The molecule has 0 spiro atoms. The maximum absolute atomic E-state index is 9.94. The van der Waals surface area contributed by atoms with Crippen molar-refractivity contribution in [3.05, 3.63) is 24.0 Å². The molecule has 1 unspecified atom stereocenters. The third kappa shape index (κ3) is 2.34. The Morgan fingerprint density at radius 3 is 3.00 bits per heavy atom. The van der Waals surface area contributed by atoms with Crippen LogP contribution in [0.2, 0.25) is 0 Å². The number of aromatic nitrogens is 2. The first-order valence-electron chi connectivity index (χ1n) is 6.73. The van der Waals surface area contributed by atoms with Crippen LogP contribution in [0.3, 0.4) is 0 Å². The zero-order valence-corrected chi connectivity index (χ0v) is 11.2. The number of para-hydroxylation sites is 1. The van der Waals surface area contributed by atoms with Gasteiger partial charge in [-0.1, -0.05) is 11.2 Å². The molecule has 1 saturated carbocycles. The summed E-state index contributed by atoms with van der Waals surface area (Å²) >= 11 is 0. The van der Waals surface area contributed by atoms with E-state index in [1.54, 1.807) is 18.2 Å². The van der Waals surface area contributed by atoms with Gasteiger partial charge in [-0.25, -0.2) is 0 Å². The van der Waals surface area contributed by atoms with E-state index in [4.69, 9.17) is 15.0 Å². The van der Waals surface area contributed by atoms with Crippen molar-refractivity contribution in [3.8, 4) is 17.2 Å². The number of benzene rings is 1. The average Bonchev–Trinajstić information content (AvgIpc) is 3.17. The van der Waals surface area contributed by atoms with Crippen molar-refractivity contribution in [2.45, 2.75) is 25.9 Å². The third-order valence-corrected chi connectivity index (χ3v) is 3.39. The molecule has 20 heavy (non-hydrogen) atoms. The standard InChI is InChI=1S/C14H17N3O3/c1-2-19-12(8-6-7-8)13-16-14(20-17-13)9-4-3-5-10(15)11(9)18/h3-5,8,12,18H,2,6-7,15H2,1H3. The number of hydrogen-bond acceptors (Lipinski definition) is 6. The molecule has 0 saturated heterocycles. The fourth-order valence-corrected chi connectivity index (χ4v) is 2.19. The minimum atomic E-state index is -0.124. The number of phenols is 1. The predicted octanol–water partition coefficient (Wildman–Crippen LogP) is 2.51. The van der Waals surface area contributed by atoms with E-state index in [9.17, 15) is 5.11 Å². The van der Waals surface area contributed by atoms with Crippen LogP contribution in [0.1, 0.15) is 31.7 Å². The highest BCUT2D eigenvalue weighted by atomic mass is 16.5. The first-order valence-corrected chi connectivity index (χ1v) is 6.73. The van der Waals surface area contributed by atoms with Gasteiger partial charge in [-0.3, -0.25) is 0 Å². The Kier molecular flexibility index (Phi) is 3.31. The minimum Gasteiger partial charge on any atom is -0.505 e. The van der Waals surface area contributed by atoms with Crippen LogP contribution in [0.5, 0.6) is 5.75 Å². The Hall–Kier alpha value is -2.08. The van der Waals surface area contributed by atoms with Gasteiger partial charge in [-0.05, 0) is 37.8 Å². The van der Waals surface area contributed by atoms with Crippen LogP contribution in [-0.2, 0) is 4.74 Å². The quantitative estimate of drug-likeness (QED) is 0.643. The van der Waals surface area contributed by atoms with Gasteiger partial charge in [0.15, 0.2) is 5.75 Å². The van der Waals surface area contributed by atoms with E-state index in [-0.39, 0.29) is 23.4 Å². The molecule has 3 N–H and O–H groups in total. The lowest BCUT2D eigenvalue weighted by Crippen LogP contribution is -2.08. The molecule has 106 valence electrons. The van der Waals surface area contributed by atoms with Crippen LogP contribution in [-0.4, -0.2) is 21.9 Å². The number of aromatic hydroxyl groups is 1. The molecule has 1 fully saturated rings. The second-order valence-corrected chi connectivity index (χ2v) is 4.91. The highest BCUT2D eigenvalue weighted by Crippen LogP contribution is 2.43. The Morgan fingerprint density at radius 1 is 1.50 bits per heavy atom. The van der Waals surface area contributed by atoms with E-state index >= 15 is 0 Å². The highest BCUT2D eigenvalue weighted by Gasteiger charge is 2.36. The number of hydrogen-bond donors (Lipinski definition) is 2. The largest absolute Gasteiger partial charge is 0.505 e. The van der Waals surface area contributed by atoms with Gasteiger partial charge in [-0.15, -0.1) is 0 Å². The van der Waals surface area contributed by atoms with Crippen molar-refractivity contribution in [1.29, 1.82) is 0 Å². The van der Waals surface area contributed by atoms with Crippen LogP contribution in [0.25, 0.3) is 11.5 Å². The van der Waals surface area contributed by atoms with Gasteiger partial charge in [0, 0.05) is 6.61 Å². The molecule has 6 nitrogen and oxygen atoms in total. The molecule has 0 bridgehead atoms. The Morgan fingerprint density at radius 2 is 2.30 bits per heavy atom. The molecule has 1 atom stereocenters. The number of rotatable bonds is 5. The summed E-state index contributed by atoms with van der Waals surface area (Å²) in [7, 11) is 0. The molecule has 3 rings (SSSR count). The number of anilines is 1.